The van der Waals surface area contributed by atoms with Crippen LogP contribution < -0.4 is 21.9 Å². The van der Waals surface area contributed by atoms with Crippen LogP contribution in [0.5, 0.6) is 0 Å². The van der Waals surface area contributed by atoms with E-state index in [-0.39, 0.29) is 24.1 Å². The first-order valence-electron chi connectivity index (χ1n) is 10.5. The van der Waals surface area contributed by atoms with Crippen molar-refractivity contribution in [3.8, 4) is 0 Å². The number of nitrogens with one attached hydrogen (secondary N) is 2. The summed E-state index contributed by atoms with van der Waals surface area (Å²) in [6.45, 7) is 2.50. The van der Waals surface area contributed by atoms with Gasteiger partial charge in [0.05, 0.1) is 5.69 Å². The van der Waals surface area contributed by atoms with E-state index >= 15 is 0 Å². The summed E-state index contributed by atoms with van der Waals surface area (Å²) in [4.78, 5) is 31.1. The van der Waals surface area contributed by atoms with E-state index < -0.39 is 0 Å². The predicted molar refractivity (Wildman–Crippen MR) is 125 cm³/mol. The van der Waals surface area contributed by atoms with Crippen LogP contribution in [0.15, 0.2) is 47.3 Å². The van der Waals surface area contributed by atoms with Crippen molar-refractivity contribution in [1.82, 2.24) is 14.9 Å². The Bertz CT molecular complexity index is 1120. The molecule has 7 nitrogen and oxygen atoms in total. The minimum Gasteiger partial charge on any atom is -0.380 e. The lowest BCUT2D eigenvalue weighted by atomic mass is 9.98. The number of nitrogen functional groups attached to an aromatic ring is 1. The van der Waals surface area contributed by atoms with Crippen LogP contribution in [0, 0.1) is 6.92 Å². The number of pyridine rings is 1. The third-order valence-electron chi connectivity index (χ3n) is 5.59. The molecule has 3 aromatic rings. The molecule has 8 heteroatoms. The van der Waals surface area contributed by atoms with Crippen LogP contribution in [0.4, 0.5) is 10.8 Å². The molecule has 4 N–H and O–H groups in total. The van der Waals surface area contributed by atoms with Crippen molar-refractivity contribution in [3.05, 3.63) is 74.6 Å². The molecule has 0 radical (unpaired) electrons. The summed E-state index contributed by atoms with van der Waals surface area (Å²) >= 11 is 1.49. The highest BCUT2D eigenvalue weighted by atomic mass is 32.1. The SMILES string of the molecule is Cc1ccc(NCCc2ccccc2)c(=O)n1CC(=O)NC1CCc2nc(N)sc2C1. The molecule has 0 fully saturated rings. The van der Waals surface area contributed by atoms with Gasteiger partial charge in [-0.2, -0.15) is 0 Å². The van der Waals surface area contributed by atoms with Gasteiger partial charge in [-0.3, -0.25) is 9.59 Å². The zero-order chi connectivity index (χ0) is 21.8. The average molecular weight is 438 g/mol. The predicted octanol–water partition coefficient (Wildman–Crippen LogP) is 2.52. The second kappa shape index (κ2) is 9.34. The van der Waals surface area contributed by atoms with Crippen molar-refractivity contribution < 1.29 is 4.79 Å². The topological polar surface area (TPSA) is 102 Å². The monoisotopic (exact) mass is 437 g/mol. The van der Waals surface area contributed by atoms with Crippen molar-refractivity contribution in [3.63, 3.8) is 0 Å². The van der Waals surface area contributed by atoms with E-state index in [9.17, 15) is 9.59 Å². The lowest BCUT2D eigenvalue weighted by Crippen LogP contribution is -2.42. The zero-order valence-corrected chi connectivity index (χ0v) is 18.4. The number of carbonyl (C=O) groups excluding carboxylic acids is 1. The van der Waals surface area contributed by atoms with Crippen molar-refractivity contribution in [2.75, 3.05) is 17.6 Å². The molecule has 0 saturated carbocycles. The second-order valence-corrected chi connectivity index (χ2v) is 8.99. The molecule has 0 spiro atoms. The summed E-state index contributed by atoms with van der Waals surface area (Å²) in [7, 11) is 0. The number of aromatic nitrogens is 2. The van der Waals surface area contributed by atoms with Gasteiger partial charge in [-0.1, -0.05) is 30.3 Å². The Morgan fingerprint density at radius 3 is 2.87 bits per heavy atom. The quantitative estimate of drug-likeness (QED) is 0.527. The Kier molecular flexibility index (Phi) is 6.36. The van der Waals surface area contributed by atoms with Gasteiger partial charge in [-0.25, -0.2) is 4.98 Å². The average Bonchev–Trinajstić information content (AvgIpc) is 3.13. The molecule has 1 aromatic carbocycles. The van der Waals surface area contributed by atoms with E-state index in [4.69, 9.17) is 5.73 Å². The molecule has 31 heavy (non-hydrogen) atoms. The molecule has 1 unspecified atom stereocenters. The minimum atomic E-state index is -0.177. The van der Waals surface area contributed by atoms with Gasteiger partial charge < -0.3 is 20.9 Å². The summed E-state index contributed by atoms with van der Waals surface area (Å²) in [5, 5.41) is 6.87. The molecule has 162 valence electrons. The third kappa shape index (κ3) is 5.14. The lowest BCUT2D eigenvalue weighted by Gasteiger charge is -2.23. The molecule has 0 aliphatic heterocycles. The number of amides is 1. The molecular weight excluding hydrogens is 410 g/mol. The van der Waals surface area contributed by atoms with Gasteiger partial charge in [0, 0.05) is 29.6 Å². The zero-order valence-electron chi connectivity index (χ0n) is 17.6. The molecule has 1 atom stereocenters. The second-order valence-electron chi connectivity index (χ2n) is 7.87. The highest BCUT2D eigenvalue weighted by Gasteiger charge is 2.23. The fraction of sp³-hybridized carbons (Fsp3) is 0.348. The molecule has 1 aliphatic carbocycles. The number of rotatable bonds is 7. The van der Waals surface area contributed by atoms with Crippen molar-refractivity contribution in [1.29, 1.82) is 0 Å². The standard InChI is InChI=1S/C23H27N5O2S/c1-15-7-9-19(25-12-11-16-5-3-2-4-6-16)22(30)28(15)14-21(29)26-17-8-10-18-20(13-17)31-23(24)27-18/h2-7,9,17,25H,8,10-14H2,1H3,(H2,24,27)(H,26,29). The normalized spacial score (nSPS) is 15.3. The maximum atomic E-state index is 12.9. The maximum absolute atomic E-state index is 12.9. The van der Waals surface area contributed by atoms with E-state index in [2.05, 4.69) is 27.8 Å². The Hall–Kier alpha value is -3.13. The Morgan fingerprint density at radius 2 is 2.06 bits per heavy atom. The van der Waals surface area contributed by atoms with Gasteiger partial charge in [0.2, 0.25) is 5.91 Å². The molecule has 1 aliphatic rings. The van der Waals surface area contributed by atoms with E-state index in [1.54, 1.807) is 6.07 Å². The first-order chi connectivity index (χ1) is 15.0. The van der Waals surface area contributed by atoms with Gasteiger partial charge in [-0.05, 0) is 43.9 Å². The number of carbonyl (C=O) groups is 1. The lowest BCUT2D eigenvalue weighted by molar-refractivity contribution is -0.122. The van der Waals surface area contributed by atoms with Crippen molar-refractivity contribution in [2.24, 2.45) is 0 Å². The van der Waals surface area contributed by atoms with E-state index in [0.717, 1.165) is 41.9 Å². The maximum Gasteiger partial charge on any atom is 0.274 e. The highest BCUT2D eigenvalue weighted by molar-refractivity contribution is 7.15. The number of hydrogen-bond acceptors (Lipinski definition) is 6. The summed E-state index contributed by atoms with van der Waals surface area (Å²) in [5.74, 6) is -0.155. The first-order valence-corrected chi connectivity index (χ1v) is 11.3. The fourth-order valence-corrected chi connectivity index (χ4v) is 4.88. The highest BCUT2D eigenvalue weighted by Crippen LogP contribution is 2.28. The van der Waals surface area contributed by atoms with Crippen LogP contribution >= 0.6 is 11.3 Å². The number of hydrogen-bond donors (Lipinski definition) is 3. The Balaban J connectivity index is 1.37. The van der Waals surface area contributed by atoms with Crippen LogP contribution in [-0.4, -0.2) is 28.0 Å². The van der Waals surface area contributed by atoms with E-state index in [1.165, 1.54) is 21.5 Å². The van der Waals surface area contributed by atoms with Gasteiger partial charge in [0.25, 0.3) is 5.56 Å². The van der Waals surface area contributed by atoms with Crippen LogP contribution in [0.1, 0.15) is 28.2 Å². The molecule has 0 saturated heterocycles. The van der Waals surface area contributed by atoms with Crippen LogP contribution in [0.3, 0.4) is 0 Å². The number of fused-ring (bicyclic) bond motifs is 1. The largest absolute Gasteiger partial charge is 0.380 e. The van der Waals surface area contributed by atoms with Crippen LogP contribution in [0.2, 0.25) is 0 Å². The van der Waals surface area contributed by atoms with Crippen molar-refractivity contribution >= 4 is 28.1 Å². The summed E-state index contributed by atoms with van der Waals surface area (Å²) in [6, 6.07) is 13.8. The van der Waals surface area contributed by atoms with Gasteiger partial charge >= 0.3 is 0 Å². The molecule has 2 aromatic heterocycles. The van der Waals surface area contributed by atoms with Crippen molar-refractivity contribution in [2.45, 2.75) is 45.2 Å². The number of benzene rings is 1. The third-order valence-corrected chi connectivity index (χ3v) is 6.54. The summed E-state index contributed by atoms with van der Waals surface area (Å²) < 4.78 is 1.53. The van der Waals surface area contributed by atoms with Crippen LogP contribution in [-0.2, 0) is 30.6 Å². The summed E-state index contributed by atoms with van der Waals surface area (Å²) in [6.07, 6.45) is 3.20. The molecular formula is C23H27N5O2S. The van der Waals surface area contributed by atoms with Gasteiger partial charge in [-0.15, -0.1) is 11.3 Å². The molecule has 4 rings (SSSR count). The number of aryl methyl sites for hydroxylation is 2. The number of nitrogens with two attached hydrogens (primary N) is 1. The number of thiazole rings is 1. The smallest absolute Gasteiger partial charge is 0.274 e. The number of nitrogens with zero attached hydrogens (tertiary/aromatic N) is 2. The minimum absolute atomic E-state index is 0.00700. The van der Waals surface area contributed by atoms with Crippen LogP contribution in [0.25, 0.3) is 0 Å². The molecule has 0 bridgehead atoms. The van der Waals surface area contributed by atoms with Gasteiger partial charge in [0.15, 0.2) is 5.13 Å². The summed E-state index contributed by atoms with van der Waals surface area (Å²) in [5.41, 5.74) is 9.15. The molecule has 1 amide bonds. The Morgan fingerprint density at radius 1 is 1.26 bits per heavy atom. The van der Waals surface area contributed by atoms with Gasteiger partial charge in [0.1, 0.15) is 12.2 Å². The Labute approximate surface area is 185 Å². The first kappa shape index (κ1) is 21.1. The number of anilines is 2. The molecule has 2 heterocycles. The fourth-order valence-electron chi connectivity index (χ4n) is 3.92. The van der Waals surface area contributed by atoms with E-state index in [0.29, 0.717) is 17.4 Å². The van der Waals surface area contributed by atoms with E-state index in [1.807, 2.05) is 31.2 Å².